The molecule has 90 valence electrons. The highest BCUT2D eigenvalue weighted by molar-refractivity contribution is 7.71. The van der Waals surface area contributed by atoms with Crippen molar-refractivity contribution in [3.63, 3.8) is 0 Å². The van der Waals surface area contributed by atoms with Gasteiger partial charge in [0.2, 0.25) is 5.91 Å². The Balaban J connectivity index is 2.86. The summed E-state index contributed by atoms with van der Waals surface area (Å²) < 4.78 is 2.28. The number of benzene rings is 1. The fourth-order valence-electron chi connectivity index (χ4n) is 1.88. The number of nitrogens with zero attached hydrogens (tertiary/aromatic N) is 1. The van der Waals surface area contributed by atoms with Crippen molar-refractivity contribution in [2.45, 2.75) is 26.3 Å². The molecule has 0 saturated heterocycles. The third-order valence-corrected chi connectivity index (χ3v) is 3.29. The lowest BCUT2D eigenvalue weighted by molar-refractivity contribution is -0.124. The molecule has 0 spiro atoms. The first-order valence-corrected chi connectivity index (χ1v) is 5.76. The quantitative estimate of drug-likeness (QED) is 0.802. The summed E-state index contributed by atoms with van der Waals surface area (Å²) in [5.74, 6) is -0.406. The molecule has 1 amide bonds. The maximum atomic E-state index is 11.5. The number of imidazole rings is 1. The number of H-pyrrole nitrogens is 1. The van der Waals surface area contributed by atoms with Crippen molar-refractivity contribution in [3.05, 3.63) is 28.5 Å². The molecule has 0 radical (unpaired) electrons. The van der Waals surface area contributed by atoms with E-state index in [1.54, 1.807) is 18.4 Å². The smallest absolute Gasteiger partial charge is 0.243 e. The number of rotatable bonds is 2. The summed E-state index contributed by atoms with van der Waals surface area (Å²) >= 11 is 5.26. The summed E-state index contributed by atoms with van der Waals surface area (Å²) in [5.41, 5.74) is 7.52. The van der Waals surface area contributed by atoms with Gasteiger partial charge in [-0.1, -0.05) is 6.07 Å². The van der Waals surface area contributed by atoms with Gasteiger partial charge in [0.1, 0.15) is 5.54 Å². The minimum atomic E-state index is -0.844. The Hall–Kier alpha value is -1.62. The van der Waals surface area contributed by atoms with Gasteiger partial charge >= 0.3 is 0 Å². The van der Waals surface area contributed by atoms with Gasteiger partial charge in [0.25, 0.3) is 0 Å². The van der Waals surface area contributed by atoms with Crippen LogP contribution >= 0.6 is 12.2 Å². The minimum absolute atomic E-state index is 0.406. The summed E-state index contributed by atoms with van der Waals surface area (Å²) in [6.07, 6.45) is 0. The molecule has 0 saturated carbocycles. The second-order valence-electron chi connectivity index (χ2n) is 4.71. The third kappa shape index (κ3) is 1.76. The molecule has 1 aromatic carbocycles. The Labute approximate surface area is 104 Å². The number of hydrogen-bond donors (Lipinski definition) is 2. The highest BCUT2D eigenvalue weighted by Crippen LogP contribution is 2.24. The number of nitrogens with one attached hydrogen (secondary N) is 1. The van der Waals surface area contributed by atoms with Gasteiger partial charge in [-0.25, -0.2) is 0 Å². The number of carbonyl (C=O) groups excluding carboxylic acids is 1. The Kier molecular flexibility index (Phi) is 2.58. The van der Waals surface area contributed by atoms with Gasteiger partial charge in [-0.05, 0) is 50.7 Å². The van der Waals surface area contributed by atoms with Gasteiger partial charge in [-0.2, -0.15) is 0 Å². The van der Waals surface area contributed by atoms with Crippen LogP contribution in [0.3, 0.4) is 0 Å². The van der Waals surface area contributed by atoms with E-state index in [4.69, 9.17) is 18.0 Å². The molecule has 0 aliphatic heterocycles. The summed E-state index contributed by atoms with van der Waals surface area (Å²) in [6.45, 7) is 5.53. The fraction of sp³-hybridized carbons (Fsp3) is 0.333. The van der Waals surface area contributed by atoms with Crippen LogP contribution < -0.4 is 5.73 Å². The molecule has 3 N–H and O–H groups in total. The van der Waals surface area contributed by atoms with E-state index in [0.29, 0.717) is 4.77 Å². The van der Waals surface area contributed by atoms with Crippen LogP contribution in [-0.4, -0.2) is 15.5 Å². The standard InChI is InChI=1S/C12H15N3OS/c1-7-4-5-8-9(6-7)15(11(17)14-8)12(2,3)10(13)16/h4-6H,1-3H3,(H2,13,16)(H,14,17). The maximum Gasteiger partial charge on any atom is 0.243 e. The molecule has 0 unspecified atom stereocenters. The molecular formula is C12H15N3OS. The van der Waals surface area contributed by atoms with Gasteiger partial charge in [0, 0.05) is 0 Å². The van der Waals surface area contributed by atoms with Crippen molar-refractivity contribution in [2.24, 2.45) is 5.73 Å². The summed E-state index contributed by atoms with van der Waals surface area (Å²) in [5, 5.41) is 0. The highest BCUT2D eigenvalue weighted by Gasteiger charge is 2.29. The molecule has 0 atom stereocenters. The molecule has 5 heteroatoms. The summed E-state index contributed by atoms with van der Waals surface area (Å²) in [6, 6.07) is 5.94. The molecular weight excluding hydrogens is 234 g/mol. The number of aryl methyl sites for hydroxylation is 1. The number of fused-ring (bicyclic) bond motifs is 1. The maximum absolute atomic E-state index is 11.5. The summed E-state index contributed by atoms with van der Waals surface area (Å²) in [7, 11) is 0. The predicted octanol–water partition coefficient (Wildman–Crippen LogP) is 2.23. The minimum Gasteiger partial charge on any atom is -0.368 e. The molecule has 4 nitrogen and oxygen atoms in total. The highest BCUT2D eigenvalue weighted by atomic mass is 32.1. The zero-order valence-electron chi connectivity index (χ0n) is 10.1. The van der Waals surface area contributed by atoms with Crippen LogP contribution in [0.25, 0.3) is 11.0 Å². The van der Waals surface area contributed by atoms with Crippen LogP contribution in [0.4, 0.5) is 0 Å². The molecule has 0 fully saturated rings. The zero-order valence-corrected chi connectivity index (χ0v) is 10.9. The average Bonchev–Trinajstić information content (AvgIpc) is 2.53. The van der Waals surface area contributed by atoms with E-state index in [1.807, 2.05) is 25.1 Å². The monoisotopic (exact) mass is 249 g/mol. The first-order chi connectivity index (χ1) is 7.84. The van der Waals surface area contributed by atoms with E-state index in [0.717, 1.165) is 16.6 Å². The van der Waals surface area contributed by atoms with Crippen molar-refractivity contribution >= 4 is 29.2 Å². The normalized spacial score (nSPS) is 11.9. The second-order valence-corrected chi connectivity index (χ2v) is 5.10. The molecule has 1 heterocycles. The van der Waals surface area contributed by atoms with Gasteiger partial charge in [0.15, 0.2) is 4.77 Å². The van der Waals surface area contributed by atoms with Gasteiger partial charge in [-0.3, -0.25) is 4.79 Å². The van der Waals surface area contributed by atoms with E-state index < -0.39 is 11.4 Å². The molecule has 0 bridgehead atoms. The Morgan fingerprint density at radius 1 is 1.47 bits per heavy atom. The van der Waals surface area contributed by atoms with Crippen LogP contribution in [0, 0.1) is 11.7 Å². The first kappa shape index (κ1) is 11.9. The van der Waals surface area contributed by atoms with E-state index >= 15 is 0 Å². The molecule has 1 aromatic heterocycles. The lowest BCUT2D eigenvalue weighted by atomic mass is 10.0. The van der Waals surface area contributed by atoms with Crippen molar-refractivity contribution in [1.29, 1.82) is 0 Å². The van der Waals surface area contributed by atoms with Crippen molar-refractivity contribution in [3.8, 4) is 0 Å². The Morgan fingerprint density at radius 2 is 2.12 bits per heavy atom. The number of amides is 1. The number of aromatic amines is 1. The van der Waals surface area contributed by atoms with E-state index in [9.17, 15) is 4.79 Å². The van der Waals surface area contributed by atoms with Crippen LogP contribution in [0.1, 0.15) is 19.4 Å². The largest absolute Gasteiger partial charge is 0.368 e. The van der Waals surface area contributed by atoms with Crippen molar-refractivity contribution < 1.29 is 4.79 Å². The fourth-order valence-corrected chi connectivity index (χ4v) is 2.31. The number of carbonyl (C=O) groups is 1. The molecule has 17 heavy (non-hydrogen) atoms. The Morgan fingerprint density at radius 3 is 2.71 bits per heavy atom. The van der Waals surface area contributed by atoms with Crippen molar-refractivity contribution in [1.82, 2.24) is 9.55 Å². The summed E-state index contributed by atoms with van der Waals surface area (Å²) in [4.78, 5) is 14.6. The van der Waals surface area contributed by atoms with Crippen molar-refractivity contribution in [2.75, 3.05) is 0 Å². The van der Waals surface area contributed by atoms with E-state index in [-0.39, 0.29) is 0 Å². The van der Waals surface area contributed by atoms with Gasteiger partial charge in [0.05, 0.1) is 11.0 Å². The number of nitrogens with two attached hydrogens (primary N) is 1. The van der Waals surface area contributed by atoms with Crippen LogP contribution in [0.2, 0.25) is 0 Å². The SMILES string of the molecule is Cc1ccc2[nH]c(=S)n(C(C)(C)C(N)=O)c2c1. The number of hydrogen-bond acceptors (Lipinski definition) is 2. The second kappa shape index (κ2) is 3.70. The van der Waals surface area contributed by atoms with E-state index in [2.05, 4.69) is 4.98 Å². The number of primary amides is 1. The predicted molar refractivity (Wildman–Crippen MR) is 70.4 cm³/mol. The lowest BCUT2D eigenvalue weighted by Gasteiger charge is -2.23. The number of aromatic nitrogens is 2. The van der Waals surface area contributed by atoms with Gasteiger partial charge < -0.3 is 15.3 Å². The molecule has 2 aromatic rings. The topological polar surface area (TPSA) is 63.8 Å². The van der Waals surface area contributed by atoms with Crippen LogP contribution in [0.15, 0.2) is 18.2 Å². The molecule has 2 rings (SSSR count). The molecule has 0 aliphatic rings. The average molecular weight is 249 g/mol. The zero-order chi connectivity index (χ0) is 12.8. The lowest BCUT2D eigenvalue weighted by Crippen LogP contribution is -2.41. The van der Waals surface area contributed by atoms with Crippen LogP contribution in [-0.2, 0) is 10.3 Å². The molecule has 0 aliphatic carbocycles. The first-order valence-electron chi connectivity index (χ1n) is 5.36. The van der Waals surface area contributed by atoms with Gasteiger partial charge in [-0.15, -0.1) is 0 Å². The van der Waals surface area contributed by atoms with Crippen LogP contribution in [0.5, 0.6) is 0 Å². The Bertz CT molecular complexity index is 651. The van der Waals surface area contributed by atoms with E-state index in [1.165, 1.54) is 0 Å². The third-order valence-electron chi connectivity index (χ3n) is 3.00.